The molecule has 2 fully saturated rings. The third-order valence-corrected chi connectivity index (χ3v) is 5.44. The fourth-order valence-electron chi connectivity index (χ4n) is 4.16. The molecule has 2 atom stereocenters. The van der Waals surface area contributed by atoms with Gasteiger partial charge in [-0.3, -0.25) is 4.79 Å². The summed E-state index contributed by atoms with van der Waals surface area (Å²) in [6.07, 6.45) is 7.05. The Morgan fingerprint density at radius 2 is 1.91 bits per heavy atom. The molecule has 0 spiro atoms. The zero-order valence-corrected chi connectivity index (χ0v) is 12.9. The van der Waals surface area contributed by atoms with Crippen LogP contribution in [0.25, 0.3) is 0 Å². The Bertz CT molecular complexity index is 571. The van der Waals surface area contributed by atoms with E-state index in [0.717, 1.165) is 42.0 Å². The van der Waals surface area contributed by atoms with Crippen molar-refractivity contribution in [1.82, 2.24) is 4.90 Å². The van der Waals surface area contributed by atoms with E-state index in [0.29, 0.717) is 6.42 Å². The van der Waals surface area contributed by atoms with Crippen LogP contribution in [0, 0.1) is 11.8 Å². The van der Waals surface area contributed by atoms with Gasteiger partial charge in [0, 0.05) is 13.1 Å². The van der Waals surface area contributed by atoms with Crippen LogP contribution in [0.4, 0.5) is 0 Å². The van der Waals surface area contributed by atoms with E-state index in [9.17, 15) is 4.79 Å². The topological polar surface area (TPSA) is 38.8 Å². The molecule has 1 amide bonds. The summed E-state index contributed by atoms with van der Waals surface area (Å²) in [5.74, 6) is 3.39. The second-order valence-electron chi connectivity index (χ2n) is 6.80. The van der Waals surface area contributed by atoms with Crippen molar-refractivity contribution >= 4 is 5.91 Å². The van der Waals surface area contributed by atoms with Crippen LogP contribution in [-0.2, 0) is 11.2 Å². The van der Waals surface area contributed by atoms with Gasteiger partial charge in [0.05, 0.1) is 6.42 Å². The fraction of sp³-hybridized carbons (Fsp3) is 0.611. The SMILES string of the molecule is O=C(Cc1ccc2c(c1)OCO2)N1CC[C@@H]2CCCC[C@H]2C1. The van der Waals surface area contributed by atoms with Gasteiger partial charge >= 0.3 is 0 Å². The van der Waals surface area contributed by atoms with E-state index in [2.05, 4.69) is 4.90 Å². The standard InChI is InChI=1S/C18H23NO3/c20-18(10-13-5-6-16-17(9-13)22-12-21-16)19-8-7-14-3-1-2-4-15(14)11-19/h5-6,9,14-15H,1-4,7-8,10-12H2/t14-,15-/m0/s1. The van der Waals surface area contributed by atoms with Crippen LogP contribution >= 0.6 is 0 Å². The maximum atomic E-state index is 12.6. The predicted molar refractivity (Wildman–Crippen MR) is 82.9 cm³/mol. The van der Waals surface area contributed by atoms with Crippen molar-refractivity contribution in [2.24, 2.45) is 11.8 Å². The smallest absolute Gasteiger partial charge is 0.231 e. The molecule has 0 N–H and O–H groups in total. The van der Waals surface area contributed by atoms with E-state index >= 15 is 0 Å². The molecule has 1 aromatic carbocycles. The Hall–Kier alpha value is -1.71. The third-order valence-electron chi connectivity index (χ3n) is 5.44. The average molecular weight is 301 g/mol. The number of benzene rings is 1. The van der Waals surface area contributed by atoms with Crippen molar-refractivity contribution in [1.29, 1.82) is 0 Å². The van der Waals surface area contributed by atoms with E-state index in [1.807, 2.05) is 18.2 Å². The maximum absolute atomic E-state index is 12.6. The molecular weight excluding hydrogens is 278 g/mol. The van der Waals surface area contributed by atoms with Crippen LogP contribution in [0.3, 0.4) is 0 Å². The van der Waals surface area contributed by atoms with Gasteiger partial charge in [0.25, 0.3) is 0 Å². The highest BCUT2D eigenvalue weighted by atomic mass is 16.7. The van der Waals surface area contributed by atoms with Gasteiger partial charge in [-0.25, -0.2) is 0 Å². The molecule has 4 rings (SSSR count). The average Bonchev–Trinajstić information content (AvgIpc) is 3.02. The Morgan fingerprint density at radius 3 is 2.82 bits per heavy atom. The number of carbonyl (C=O) groups is 1. The highest BCUT2D eigenvalue weighted by molar-refractivity contribution is 5.79. The second kappa shape index (κ2) is 5.82. The number of hydrogen-bond donors (Lipinski definition) is 0. The number of ether oxygens (including phenoxy) is 2. The molecule has 118 valence electrons. The molecule has 4 nitrogen and oxygen atoms in total. The molecular formula is C18H23NO3. The highest BCUT2D eigenvalue weighted by Gasteiger charge is 2.32. The van der Waals surface area contributed by atoms with Crippen molar-refractivity contribution in [3.63, 3.8) is 0 Å². The monoisotopic (exact) mass is 301 g/mol. The van der Waals surface area contributed by atoms with Crippen LogP contribution in [-0.4, -0.2) is 30.7 Å². The molecule has 2 heterocycles. The minimum atomic E-state index is 0.253. The number of rotatable bonds is 2. The molecule has 1 aromatic rings. The van der Waals surface area contributed by atoms with Crippen LogP contribution < -0.4 is 9.47 Å². The summed E-state index contributed by atoms with van der Waals surface area (Å²) in [6.45, 7) is 2.18. The van der Waals surface area contributed by atoms with Crippen LogP contribution in [0.2, 0.25) is 0 Å². The first-order valence-electron chi connectivity index (χ1n) is 8.46. The molecule has 1 saturated carbocycles. The summed E-state index contributed by atoms with van der Waals surface area (Å²) in [5.41, 5.74) is 1.01. The van der Waals surface area contributed by atoms with Crippen molar-refractivity contribution in [2.75, 3.05) is 19.9 Å². The van der Waals surface area contributed by atoms with Crippen molar-refractivity contribution < 1.29 is 14.3 Å². The number of piperidine rings is 1. The number of likely N-dealkylation sites (tertiary alicyclic amines) is 1. The number of fused-ring (bicyclic) bond motifs is 2. The number of nitrogens with zero attached hydrogens (tertiary/aromatic N) is 1. The molecule has 2 aliphatic heterocycles. The Kier molecular flexibility index (Phi) is 3.68. The van der Waals surface area contributed by atoms with Gasteiger partial charge in [0.2, 0.25) is 12.7 Å². The summed E-state index contributed by atoms with van der Waals surface area (Å²) in [6, 6.07) is 5.81. The van der Waals surface area contributed by atoms with Crippen LogP contribution in [0.15, 0.2) is 18.2 Å². The van der Waals surface area contributed by atoms with E-state index in [-0.39, 0.29) is 12.7 Å². The van der Waals surface area contributed by atoms with Gasteiger partial charge < -0.3 is 14.4 Å². The summed E-state index contributed by atoms with van der Waals surface area (Å²) in [4.78, 5) is 14.7. The van der Waals surface area contributed by atoms with Gasteiger partial charge in [-0.05, 0) is 42.4 Å². The summed E-state index contributed by atoms with van der Waals surface area (Å²) in [5, 5.41) is 0. The van der Waals surface area contributed by atoms with Crippen molar-refractivity contribution in [3.05, 3.63) is 23.8 Å². The number of hydrogen-bond acceptors (Lipinski definition) is 3. The van der Waals surface area contributed by atoms with Crippen molar-refractivity contribution in [3.8, 4) is 11.5 Å². The van der Waals surface area contributed by atoms with Crippen LogP contribution in [0.5, 0.6) is 11.5 Å². The summed E-state index contributed by atoms with van der Waals surface area (Å²) in [7, 11) is 0. The Morgan fingerprint density at radius 1 is 1.09 bits per heavy atom. The van der Waals surface area contributed by atoms with Crippen molar-refractivity contribution in [2.45, 2.75) is 38.5 Å². The van der Waals surface area contributed by atoms with Crippen LogP contribution in [0.1, 0.15) is 37.7 Å². The minimum Gasteiger partial charge on any atom is -0.454 e. The lowest BCUT2D eigenvalue weighted by atomic mass is 9.75. The zero-order chi connectivity index (χ0) is 14.9. The summed E-state index contributed by atoms with van der Waals surface area (Å²) < 4.78 is 10.7. The largest absolute Gasteiger partial charge is 0.454 e. The molecule has 4 heteroatoms. The first-order chi connectivity index (χ1) is 10.8. The molecule has 1 saturated heterocycles. The van der Waals surface area contributed by atoms with Gasteiger partial charge in [-0.2, -0.15) is 0 Å². The van der Waals surface area contributed by atoms with E-state index in [4.69, 9.17) is 9.47 Å². The molecule has 3 aliphatic rings. The first-order valence-corrected chi connectivity index (χ1v) is 8.46. The zero-order valence-electron chi connectivity index (χ0n) is 12.9. The number of carbonyl (C=O) groups excluding carboxylic acids is 1. The van der Waals surface area contributed by atoms with Gasteiger partial charge in [-0.15, -0.1) is 0 Å². The highest BCUT2D eigenvalue weighted by Crippen LogP contribution is 2.36. The minimum absolute atomic E-state index is 0.253. The molecule has 22 heavy (non-hydrogen) atoms. The molecule has 1 aliphatic carbocycles. The fourth-order valence-corrected chi connectivity index (χ4v) is 4.16. The lowest BCUT2D eigenvalue weighted by Crippen LogP contribution is -2.45. The lowest BCUT2D eigenvalue weighted by molar-refractivity contribution is -0.133. The summed E-state index contributed by atoms with van der Waals surface area (Å²) >= 11 is 0. The maximum Gasteiger partial charge on any atom is 0.231 e. The Labute approximate surface area is 131 Å². The van der Waals surface area contributed by atoms with Gasteiger partial charge in [-0.1, -0.05) is 25.3 Å². The first kappa shape index (κ1) is 13.9. The number of amides is 1. The van der Waals surface area contributed by atoms with E-state index in [1.165, 1.54) is 32.1 Å². The normalized spacial score (nSPS) is 26.6. The van der Waals surface area contributed by atoms with E-state index < -0.39 is 0 Å². The molecule has 0 bridgehead atoms. The quantitative estimate of drug-likeness (QED) is 0.843. The molecule has 0 unspecified atom stereocenters. The molecule has 0 aromatic heterocycles. The van der Waals surface area contributed by atoms with Gasteiger partial charge in [0.1, 0.15) is 0 Å². The third kappa shape index (κ3) is 2.67. The second-order valence-corrected chi connectivity index (χ2v) is 6.80. The predicted octanol–water partition coefficient (Wildman–Crippen LogP) is 3.00. The Balaban J connectivity index is 1.39. The van der Waals surface area contributed by atoms with Gasteiger partial charge in [0.15, 0.2) is 11.5 Å². The lowest BCUT2D eigenvalue weighted by Gasteiger charge is -2.41. The van der Waals surface area contributed by atoms with E-state index in [1.54, 1.807) is 0 Å². The molecule has 0 radical (unpaired) electrons.